The van der Waals surface area contributed by atoms with Crippen LogP contribution in [0.3, 0.4) is 0 Å². The van der Waals surface area contributed by atoms with Crippen molar-refractivity contribution in [1.29, 1.82) is 0 Å². The number of amides is 2. The summed E-state index contributed by atoms with van der Waals surface area (Å²) in [7, 11) is 0. The maximum Gasteiger partial charge on any atom is 0.392 e. The Bertz CT molecular complexity index is 2310. The molecule has 2 N–H and O–H groups in total. The highest BCUT2D eigenvalue weighted by Crippen LogP contribution is 2.32. The van der Waals surface area contributed by atoms with Gasteiger partial charge in [0.15, 0.2) is 0 Å². The average Bonchev–Trinajstić information content (AvgIpc) is 3.74. The van der Waals surface area contributed by atoms with Gasteiger partial charge in [-0.15, -0.1) is 0 Å². The number of oxazole rings is 2. The molecule has 1 aliphatic heterocycles. The van der Waals surface area contributed by atoms with Crippen LogP contribution in [-0.4, -0.2) is 66.4 Å². The predicted molar refractivity (Wildman–Crippen MR) is 194 cm³/mol. The first kappa shape index (κ1) is 38.2. The summed E-state index contributed by atoms with van der Waals surface area (Å²) >= 11 is 0. The quantitative estimate of drug-likeness (QED) is 0.172. The highest BCUT2D eigenvalue weighted by Gasteiger charge is 2.42. The number of rotatable bonds is 6. The van der Waals surface area contributed by atoms with Crippen LogP contribution in [0.2, 0.25) is 0 Å². The topological polar surface area (TPSA) is 165 Å². The number of aromatic carboxylic acids is 1. The number of aromatic nitrogens is 4. The highest BCUT2D eigenvalue weighted by molar-refractivity contribution is 5.98. The SMILES string of the molecule is C.CC(C)c1cc(-c2ccc(F)cc2)nc2oc(C(=O)N3CCNC(=O)C3(C)C)nc12.CC(C)c1cc(-c2ccc(F)cc2)nc2oc(C(=O)O)nc12. The molecular formula is C39H40F2N6O6. The first-order valence-electron chi connectivity index (χ1n) is 16.6. The van der Waals surface area contributed by atoms with E-state index in [1.807, 2.05) is 39.8 Å². The number of nitrogens with zero attached hydrogens (tertiary/aromatic N) is 5. The molecule has 1 aliphatic rings. The van der Waals surface area contributed by atoms with Crippen LogP contribution < -0.4 is 5.32 Å². The zero-order valence-electron chi connectivity index (χ0n) is 29.3. The van der Waals surface area contributed by atoms with E-state index in [4.69, 9.17) is 13.9 Å². The van der Waals surface area contributed by atoms with E-state index >= 15 is 0 Å². The van der Waals surface area contributed by atoms with E-state index < -0.39 is 17.4 Å². The van der Waals surface area contributed by atoms with Gasteiger partial charge in [0.1, 0.15) is 28.2 Å². The second-order valence-corrected chi connectivity index (χ2v) is 13.4. The van der Waals surface area contributed by atoms with E-state index in [0.29, 0.717) is 35.5 Å². The molecule has 53 heavy (non-hydrogen) atoms. The van der Waals surface area contributed by atoms with Gasteiger partial charge in [-0.3, -0.25) is 9.59 Å². The van der Waals surface area contributed by atoms with Crippen LogP contribution in [0.4, 0.5) is 8.78 Å². The van der Waals surface area contributed by atoms with Gasteiger partial charge in [0.2, 0.25) is 17.3 Å². The Morgan fingerprint density at radius 1 is 0.774 bits per heavy atom. The van der Waals surface area contributed by atoms with Crippen molar-refractivity contribution in [2.45, 2.75) is 66.3 Å². The van der Waals surface area contributed by atoms with Crippen LogP contribution in [0.1, 0.15) is 93.3 Å². The molecule has 0 spiro atoms. The summed E-state index contributed by atoms with van der Waals surface area (Å²) in [5, 5.41) is 11.8. The Morgan fingerprint density at radius 3 is 1.64 bits per heavy atom. The van der Waals surface area contributed by atoms with Crippen LogP contribution in [-0.2, 0) is 4.79 Å². The number of carbonyl (C=O) groups is 3. The summed E-state index contributed by atoms with van der Waals surface area (Å²) in [6, 6.07) is 15.7. The lowest BCUT2D eigenvalue weighted by molar-refractivity contribution is -0.133. The van der Waals surface area contributed by atoms with E-state index in [-0.39, 0.29) is 60.0 Å². The van der Waals surface area contributed by atoms with Gasteiger partial charge in [0, 0.05) is 24.2 Å². The fourth-order valence-electron chi connectivity index (χ4n) is 5.84. The number of carboxylic acids is 1. The van der Waals surface area contributed by atoms with Crippen molar-refractivity contribution in [3.63, 3.8) is 0 Å². The summed E-state index contributed by atoms with van der Waals surface area (Å²) < 4.78 is 37.3. The molecule has 2 aromatic carbocycles. The third kappa shape index (κ3) is 7.62. The molecule has 0 bridgehead atoms. The smallest absolute Gasteiger partial charge is 0.392 e. The third-order valence-corrected chi connectivity index (χ3v) is 8.78. The van der Waals surface area contributed by atoms with Crippen LogP contribution in [0.25, 0.3) is 45.0 Å². The zero-order valence-corrected chi connectivity index (χ0v) is 29.3. The fraction of sp³-hybridized carbons (Fsp3) is 0.308. The zero-order chi connectivity index (χ0) is 37.5. The summed E-state index contributed by atoms with van der Waals surface area (Å²) in [5.41, 5.74) is 4.71. The molecule has 7 rings (SSSR count). The first-order chi connectivity index (χ1) is 24.6. The molecule has 0 saturated carbocycles. The molecule has 2 amide bonds. The summed E-state index contributed by atoms with van der Waals surface area (Å²) in [5.74, 6) is -2.86. The van der Waals surface area contributed by atoms with Crippen LogP contribution in [0.5, 0.6) is 0 Å². The summed E-state index contributed by atoms with van der Waals surface area (Å²) in [6.45, 7) is 12.1. The number of fused-ring (bicyclic) bond motifs is 2. The van der Waals surface area contributed by atoms with E-state index in [9.17, 15) is 23.2 Å². The molecule has 14 heteroatoms. The molecule has 1 fully saturated rings. The molecule has 0 atom stereocenters. The minimum atomic E-state index is -1.24. The molecule has 5 heterocycles. The standard InChI is InChI=1S/C22H23FN4O3.C16H13FN2O3.CH4/c1-12(2)15-11-16(13-5-7-14(23)8-6-13)25-18-17(15)26-19(30-18)20(28)27-10-9-24-21(29)22(27,3)4;1-8(2)11-7-12(9-3-5-10(17)6-4-9)18-14-13(11)19-15(22-14)16(20)21;/h5-8,11-12H,9-10H2,1-4H3,(H,24,29);3-8H,1-2H3,(H,20,21);1H4. The lowest BCUT2D eigenvalue weighted by Crippen LogP contribution is -2.63. The minimum Gasteiger partial charge on any atom is -0.474 e. The minimum absolute atomic E-state index is 0. The van der Waals surface area contributed by atoms with Crippen LogP contribution in [0, 0.1) is 11.6 Å². The molecule has 6 aromatic rings. The normalized spacial score (nSPS) is 13.8. The number of hydrogen-bond acceptors (Lipinski definition) is 9. The van der Waals surface area contributed by atoms with Gasteiger partial charge in [0.05, 0.1) is 11.4 Å². The lowest BCUT2D eigenvalue weighted by Gasteiger charge is -2.40. The van der Waals surface area contributed by atoms with Crippen molar-refractivity contribution >= 4 is 40.2 Å². The highest BCUT2D eigenvalue weighted by atomic mass is 19.1. The van der Waals surface area contributed by atoms with Crippen LogP contribution >= 0.6 is 0 Å². The van der Waals surface area contributed by atoms with Gasteiger partial charge < -0.3 is 24.2 Å². The van der Waals surface area contributed by atoms with E-state index in [2.05, 4.69) is 25.3 Å². The largest absolute Gasteiger partial charge is 0.474 e. The molecular weight excluding hydrogens is 686 g/mol. The van der Waals surface area contributed by atoms with Crippen molar-refractivity contribution in [2.75, 3.05) is 13.1 Å². The van der Waals surface area contributed by atoms with Gasteiger partial charge in [0.25, 0.3) is 5.89 Å². The van der Waals surface area contributed by atoms with Crippen molar-refractivity contribution in [2.24, 2.45) is 0 Å². The number of hydrogen-bond donors (Lipinski definition) is 2. The van der Waals surface area contributed by atoms with E-state index in [1.54, 1.807) is 38.1 Å². The maximum atomic E-state index is 13.3. The second-order valence-electron chi connectivity index (χ2n) is 13.4. The summed E-state index contributed by atoms with van der Waals surface area (Å²) in [4.78, 5) is 55.1. The van der Waals surface area contributed by atoms with Crippen molar-refractivity contribution in [3.8, 4) is 22.5 Å². The Hall–Kier alpha value is -6.05. The monoisotopic (exact) mass is 726 g/mol. The van der Waals surface area contributed by atoms with E-state index in [1.165, 1.54) is 29.2 Å². The molecule has 276 valence electrons. The fourth-order valence-corrected chi connectivity index (χ4v) is 5.84. The molecule has 12 nitrogen and oxygen atoms in total. The van der Waals surface area contributed by atoms with Crippen molar-refractivity contribution in [3.05, 3.63) is 95.2 Å². The number of piperazine rings is 1. The van der Waals surface area contributed by atoms with Gasteiger partial charge in [-0.2, -0.15) is 0 Å². The number of benzene rings is 2. The van der Waals surface area contributed by atoms with Crippen molar-refractivity contribution < 1.29 is 37.1 Å². The molecule has 1 saturated heterocycles. The van der Waals surface area contributed by atoms with E-state index in [0.717, 1.165) is 22.3 Å². The lowest BCUT2D eigenvalue weighted by atomic mass is 9.99. The Kier molecular flexibility index (Phi) is 10.7. The van der Waals surface area contributed by atoms with Gasteiger partial charge in [-0.05, 0) is 97.5 Å². The molecule has 4 aromatic heterocycles. The molecule has 0 unspecified atom stereocenters. The number of carboxylic acid groups (broad SMARTS) is 1. The predicted octanol–water partition coefficient (Wildman–Crippen LogP) is 7.99. The summed E-state index contributed by atoms with van der Waals surface area (Å²) in [6.07, 6.45) is 0. The Morgan fingerprint density at radius 2 is 1.21 bits per heavy atom. The van der Waals surface area contributed by atoms with Crippen LogP contribution in [0.15, 0.2) is 69.5 Å². The molecule has 0 radical (unpaired) electrons. The second kappa shape index (κ2) is 14.9. The third-order valence-electron chi connectivity index (χ3n) is 8.78. The van der Waals surface area contributed by atoms with Gasteiger partial charge in [-0.25, -0.2) is 33.5 Å². The average molecular weight is 727 g/mol. The molecule has 0 aliphatic carbocycles. The van der Waals surface area contributed by atoms with Gasteiger partial charge in [-0.1, -0.05) is 35.1 Å². The Labute approximate surface area is 304 Å². The number of pyridine rings is 2. The number of nitrogens with one attached hydrogen (secondary N) is 1. The van der Waals surface area contributed by atoms with Crippen molar-refractivity contribution in [1.82, 2.24) is 30.2 Å². The Balaban J connectivity index is 0.000000210. The van der Waals surface area contributed by atoms with Gasteiger partial charge >= 0.3 is 17.8 Å². The maximum absolute atomic E-state index is 13.3. The number of carbonyl (C=O) groups excluding carboxylic acids is 2. The number of halogens is 2. The first-order valence-corrected chi connectivity index (χ1v) is 16.6.